The number of halogens is 3. The molecular weight excluding hydrogens is 427 g/mol. The summed E-state index contributed by atoms with van der Waals surface area (Å²) < 4.78 is 40.3. The average molecular weight is 443 g/mol. The molecule has 2 heterocycles. The lowest BCUT2D eigenvalue weighted by atomic mass is 10.1. The van der Waals surface area contributed by atoms with Crippen LogP contribution in [0.4, 0.5) is 24.0 Å². The topological polar surface area (TPSA) is 71.8 Å². The van der Waals surface area contributed by atoms with Gasteiger partial charge in [-0.15, -0.1) is 0 Å². The SMILES string of the molecule is O=C(NCc1cccc(C(F)(F)F)c1)c1cnc(Nc2ccc(-n3ccnc3)cc2)s1. The number of anilines is 2. The molecule has 10 heteroatoms. The van der Waals surface area contributed by atoms with Crippen LogP contribution in [0.2, 0.25) is 0 Å². The first-order valence-electron chi connectivity index (χ1n) is 9.14. The molecule has 31 heavy (non-hydrogen) atoms. The zero-order valence-corrected chi connectivity index (χ0v) is 16.7. The Kier molecular flexibility index (Phi) is 5.72. The van der Waals surface area contributed by atoms with Crippen LogP contribution in [-0.4, -0.2) is 20.4 Å². The summed E-state index contributed by atoms with van der Waals surface area (Å²) in [6, 6.07) is 12.5. The van der Waals surface area contributed by atoms with Gasteiger partial charge in [0.2, 0.25) is 0 Å². The molecule has 0 radical (unpaired) electrons. The van der Waals surface area contributed by atoms with Gasteiger partial charge < -0.3 is 15.2 Å². The van der Waals surface area contributed by atoms with Crippen molar-refractivity contribution in [2.24, 2.45) is 0 Å². The molecule has 0 atom stereocenters. The molecule has 0 spiro atoms. The van der Waals surface area contributed by atoms with Crippen LogP contribution in [0.1, 0.15) is 20.8 Å². The number of imidazole rings is 1. The fourth-order valence-electron chi connectivity index (χ4n) is 2.82. The lowest BCUT2D eigenvalue weighted by Gasteiger charge is -2.09. The summed E-state index contributed by atoms with van der Waals surface area (Å²) in [5, 5.41) is 6.28. The summed E-state index contributed by atoms with van der Waals surface area (Å²) in [4.78, 5) is 20.9. The highest BCUT2D eigenvalue weighted by molar-refractivity contribution is 7.17. The van der Waals surface area contributed by atoms with Gasteiger partial charge in [-0.1, -0.05) is 23.5 Å². The number of thiazole rings is 1. The number of alkyl halides is 3. The van der Waals surface area contributed by atoms with E-state index in [1.165, 1.54) is 18.3 Å². The maximum absolute atomic E-state index is 12.8. The smallest absolute Gasteiger partial charge is 0.347 e. The van der Waals surface area contributed by atoms with E-state index < -0.39 is 17.6 Å². The predicted octanol–water partition coefficient (Wildman–Crippen LogP) is 5.02. The molecule has 2 N–H and O–H groups in total. The van der Waals surface area contributed by atoms with E-state index >= 15 is 0 Å². The number of amides is 1. The lowest BCUT2D eigenvalue weighted by molar-refractivity contribution is -0.137. The van der Waals surface area contributed by atoms with E-state index in [1.54, 1.807) is 12.5 Å². The standard InChI is InChI=1S/C21H16F3N5OS/c22-21(23,24)15-3-1-2-14(10-15)11-26-19(30)18-12-27-20(31-18)28-16-4-6-17(7-5-16)29-9-8-25-13-29/h1-10,12-13H,11H2,(H,26,30)(H,27,28). The molecule has 0 unspecified atom stereocenters. The second kappa shape index (κ2) is 8.60. The minimum atomic E-state index is -4.42. The van der Waals surface area contributed by atoms with Gasteiger partial charge in [0.25, 0.3) is 5.91 Å². The van der Waals surface area contributed by atoms with E-state index in [-0.39, 0.29) is 6.54 Å². The zero-order valence-electron chi connectivity index (χ0n) is 15.9. The lowest BCUT2D eigenvalue weighted by Crippen LogP contribution is -2.22. The van der Waals surface area contributed by atoms with Crippen LogP contribution >= 0.6 is 11.3 Å². The van der Waals surface area contributed by atoms with Crippen molar-refractivity contribution in [3.8, 4) is 5.69 Å². The molecule has 2 aromatic carbocycles. The fourth-order valence-corrected chi connectivity index (χ4v) is 3.57. The van der Waals surface area contributed by atoms with E-state index in [0.29, 0.717) is 15.6 Å². The normalized spacial score (nSPS) is 11.3. The largest absolute Gasteiger partial charge is 0.416 e. The van der Waals surface area contributed by atoms with Crippen molar-refractivity contribution in [1.82, 2.24) is 19.9 Å². The number of aromatic nitrogens is 3. The summed E-state index contributed by atoms with van der Waals surface area (Å²) in [7, 11) is 0. The Hall–Kier alpha value is -3.66. The zero-order chi connectivity index (χ0) is 21.8. The third kappa shape index (κ3) is 5.10. The van der Waals surface area contributed by atoms with E-state index in [4.69, 9.17) is 0 Å². The van der Waals surface area contributed by atoms with E-state index in [9.17, 15) is 18.0 Å². The highest BCUT2D eigenvalue weighted by Crippen LogP contribution is 2.29. The minimum Gasteiger partial charge on any atom is -0.347 e. The molecule has 4 aromatic rings. The number of rotatable bonds is 6. The number of nitrogens with zero attached hydrogens (tertiary/aromatic N) is 3. The number of carbonyl (C=O) groups excluding carboxylic acids is 1. The molecule has 6 nitrogen and oxygen atoms in total. The van der Waals surface area contributed by atoms with Gasteiger partial charge in [-0.05, 0) is 42.0 Å². The highest BCUT2D eigenvalue weighted by Gasteiger charge is 2.30. The van der Waals surface area contributed by atoms with Crippen molar-refractivity contribution in [3.63, 3.8) is 0 Å². The monoisotopic (exact) mass is 443 g/mol. The van der Waals surface area contributed by atoms with Crippen LogP contribution in [0.25, 0.3) is 5.69 Å². The van der Waals surface area contributed by atoms with Gasteiger partial charge in [-0.2, -0.15) is 13.2 Å². The summed E-state index contributed by atoms with van der Waals surface area (Å²) in [6.07, 6.45) is 2.24. The fraction of sp³-hybridized carbons (Fsp3) is 0.0952. The van der Waals surface area contributed by atoms with Crippen LogP contribution in [0.3, 0.4) is 0 Å². The van der Waals surface area contributed by atoms with Gasteiger partial charge >= 0.3 is 6.18 Å². The molecule has 2 aromatic heterocycles. The Labute approximate surface area is 179 Å². The third-order valence-corrected chi connectivity index (χ3v) is 5.27. The maximum atomic E-state index is 12.8. The molecule has 4 rings (SSSR count). The van der Waals surface area contributed by atoms with Gasteiger partial charge in [0, 0.05) is 30.3 Å². The van der Waals surface area contributed by atoms with Crippen molar-refractivity contribution in [2.75, 3.05) is 5.32 Å². The van der Waals surface area contributed by atoms with Crippen LogP contribution in [0.5, 0.6) is 0 Å². The molecule has 0 aliphatic rings. The minimum absolute atomic E-state index is 0.0148. The van der Waals surface area contributed by atoms with Crippen molar-refractivity contribution >= 4 is 28.1 Å². The van der Waals surface area contributed by atoms with E-state index in [0.717, 1.165) is 34.8 Å². The average Bonchev–Trinajstić information content (AvgIpc) is 3.45. The maximum Gasteiger partial charge on any atom is 0.416 e. The van der Waals surface area contributed by atoms with Gasteiger partial charge in [-0.3, -0.25) is 4.79 Å². The molecule has 158 valence electrons. The number of benzene rings is 2. The quantitative estimate of drug-likeness (QED) is 0.439. The molecule has 0 saturated carbocycles. The van der Waals surface area contributed by atoms with Gasteiger partial charge in [0.15, 0.2) is 5.13 Å². The Bertz CT molecular complexity index is 1170. The molecule has 0 saturated heterocycles. The van der Waals surface area contributed by atoms with Crippen molar-refractivity contribution in [1.29, 1.82) is 0 Å². The van der Waals surface area contributed by atoms with Gasteiger partial charge in [0.1, 0.15) is 4.88 Å². The second-order valence-corrected chi connectivity index (χ2v) is 7.58. The molecule has 0 aliphatic carbocycles. The number of nitrogens with one attached hydrogen (secondary N) is 2. The number of carbonyl (C=O) groups is 1. The van der Waals surface area contributed by atoms with E-state index in [2.05, 4.69) is 20.6 Å². The molecule has 1 amide bonds. The van der Waals surface area contributed by atoms with Crippen molar-refractivity contribution in [2.45, 2.75) is 12.7 Å². The Morgan fingerprint density at radius 3 is 2.65 bits per heavy atom. The second-order valence-electron chi connectivity index (χ2n) is 6.55. The summed E-state index contributed by atoms with van der Waals surface area (Å²) in [5.41, 5.74) is 1.37. The van der Waals surface area contributed by atoms with Crippen LogP contribution < -0.4 is 10.6 Å². The first kappa shape index (κ1) is 20.6. The summed E-state index contributed by atoms with van der Waals surface area (Å²) in [6.45, 7) is -0.0148. The number of hydrogen-bond acceptors (Lipinski definition) is 5. The third-order valence-electron chi connectivity index (χ3n) is 4.36. The Morgan fingerprint density at radius 2 is 1.94 bits per heavy atom. The molecule has 0 fully saturated rings. The summed E-state index contributed by atoms with van der Waals surface area (Å²) in [5.74, 6) is -0.404. The predicted molar refractivity (Wildman–Crippen MR) is 112 cm³/mol. The Balaban J connectivity index is 1.36. The van der Waals surface area contributed by atoms with Crippen LogP contribution in [0.15, 0.2) is 73.4 Å². The highest BCUT2D eigenvalue weighted by atomic mass is 32.1. The summed E-state index contributed by atoms with van der Waals surface area (Å²) >= 11 is 1.15. The molecular formula is C21H16F3N5OS. The van der Waals surface area contributed by atoms with Gasteiger partial charge in [-0.25, -0.2) is 9.97 Å². The van der Waals surface area contributed by atoms with E-state index in [1.807, 2.05) is 35.0 Å². The van der Waals surface area contributed by atoms with Gasteiger partial charge in [0.05, 0.1) is 18.1 Å². The van der Waals surface area contributed by atoms with Crippen LogP contribution in [-0.2, 0) is 12.7 Å². The van der Waals surface area contributed by atoms with Crippen LogP contribution in [0, 0.1) is 0 Å². The van der Waals surface area contributed by atoms with Crippen molar-refractivity contribution < 1.29 is 18.0 Å². The van der Waals surface area contributed by atoms with Crippen molar-refractivity contribution in [3.05, 3.63) is 89.5 Å². The number of hydrogen-bond donors (Lipinski definition) is 2. The first-order valence-corrected chi connectivity index (χ1v) is 9.96. The molecule has 0 aliphatic heterocycles. The Morgan fingerprint density at radius 1 is 1.13 bits per heavy atom. The molecule has 0 bridgehead atoms. The first-order chi connectivity index (χ1) is 14.9.